The van der Waals surface area contributed by atoms with Gasteiger partial charge in [0.15, 0.2) is 0 Å². The van der Waals surface area contributed by atoms with E-state index in [4.69, 9.17) is 5.73 Å². The molecule has 3 heteroatoms. The van der Waals surface area contributed by atoms with Gasteiger partial charge < -0.3 is 10.6 Å². The molecule has 2 aromatic carbocycles. The summed E-state index contributed by atoms with van der Waals surface area (Å²) in [4.78, 5) is 2.15. The zero-order valence-corrected chi connectivity index (χ0v) is 12.3. The van der Waals surface area contributed by atoms with Gasteiger partial charge in [-0.15, -0.1) is 0 Å². The number of benzene rings is 2. The molecular formula is C18H21FN2. The second-order valence-electron chi connectivity index (χ2n) is 5.67. The zero-order valence-electron chi connectivity index (χ0n) is 12.3. The SMILES string of the molecule is CC1CCc2ccccc2N1c1c(F)cccc1CCN. The molecule has 2 aromatic rings. The lowest BCUT2D eigenvalue weighted by molar-refractivity contribution is 0.581. The summed E-state index contributed by atoms with van der Waals surface area (Å²) in [6.45, 7) is 2.69. The molecule has 1 aliphatic heterocycles. The Morgan fingerprint density at radius 3 is 2.81 bits per heavy atom. The van der Waals surface area contributed by atoms with Gasteiger partial charge in [0, 0.05) is 11.7 Å². The molecule has 0 spiro atoms. The number of hydrogen-bond donors (Lipinski definition) is 1. The molecule has 0 aromatic heterocycles. The van der Waals surface area contributed by atoms with Crippen molar-refractivity contribution in [3.8, 4) is 0 Å². The fraction of sp³-hybridized carbons (Fsp3) is 0.333. The summed E-state index contributed by atoms with van der Waals surface area (Å²) in [5, 5.41) is 0. The molecule has 1 unspecified atom stereocenters. The third kappa shape index (κ3) is 2.54. The second-order valence-corrected chi connectivity index (χ2v) is 5.67. The lowest BCUT2D eigenvalue weighted by atomic mass is 9.94. The molecule has 0 saturated carbocycles. The Kier molecular flexibility index (Phi) is 3.93. The summed E-state index contributed by atoms with van der Waals surface area (Å²) in [6.07, 6.45) is 2.78. The van der Waals surface area contributed by atoms with Gasteiger partial charge in [0.1, 0.15) is 5.82 Å². The van der Waals surface area contributed by atoms with E-state index >= 15 is 0 Å². The minimum Gasteiger partial charge on any atom is -0.336 e. The number of anilines is 2. The van der Waals surface area contributed by atoms with E-state index < -0.39 is 0 Å². The molecule has 1 atom stereocenters. The van der Waals surface area contributed by atoms with Crippen LogP contribution < -0.4 is 10.6 Å². The average Bonchev–Trinajstić information content (AvgIpc) is 2.49. The lowest BCUT2D eigenvalue weighted by Crippen LogP contribution is -2.34. The molecule has 0 saturated heterocycles. The fourth-order valence-corrected chi connectivity index (χ4v) is 3.22. The van der Waals surface area contributed by atoms with Gasteiger partial charge in [-0.2, -0.15) is 0 Å². The molecule has 21 heavy (non-hydrogen) atoms. The summed E-state index contributed by atoms with van der Waals surface area (Å²) in [7, 11) is 0. The van der Waals surface area contributed by atoms with Gasteiger partial charge in [-0.05, 0) is 56.0 Å². The first-order valence-corrected chi connectivity index (χ1v) is 7.57. The molecule has 0 amide bonds. The van der Waals surface area contributed by atoms with Crippen molar-refractivity contribution in [2.45, 2.75) is 32.2 Å². The molecule has 0 radical (unpaired) electrons. The Hall–Kier alpha value is -1.87. The van der Waals surface area contributed by atoms with Crippen molar-refractivity contribution in [2.24, 2.45) is 5.73 Å². The Morgan fingerprint density at radius 2 is 2.00 bits per heavy atom. The van der Waals surface area contributed by atoms with Crippen molar-refractivity contribution in [2.75, 3.05) is 11.4 Å². The molecule has 1 heterocycles. The molecule has 0 bridgehead atoms. The number of nitrogens with two attached hydrogens (primary N) is 1. The van der Waals surface area contributed by atoms with E-state index in [1.807, 2.05) is 12.1 Å². The molecule has 1 aliphatic rings. The zero-order chi connectivity index (χ0) is 14.8. The van der Waals surface area contributed by atoms with Crippen molar-refractivity contribution in [3.63, 3.8) is 0 Å². The first kappa shape index (κ1) is 14.1. The normalized spacial score (nSPS) is 17.7. The van der Waals surface area contributed by atoms with Gasteiger partial charge in [-0.3, -0.25) is 0 Å². The highest BCUT2D eigenvalue weighted by Crippen LogP contribution is 2.39. The average molecular weight is 284 g/mol. The Bertz CT molecular complexity index is 639. The Labute approximate surface area is 125 Å². The van der Waals surface area contributed by atoms with Gasteiger partial charge in [-0.1, -0.05) is 30.3 Å². The van der Waals surface area contributed by atoms with Gasteiger partial charge in [0.25, 0.3) is 0 Å². The lowest BCUT2D eigenvalue weighted by Gasteiger charge is -2.38. The number of fused-ring (bicyclic) bond motifs is 1. The topological polar surface area (TPSA) is 29.3 Å². The van der Waals surface area contributed by atoms with Crippen LogP contribution in [-0.2, 0) is 12.8 Å². The minimum atomic E-state index is -0.162. The van der Waals surface area contributed by atoms with Gasteiger partial charge in [0.05, 0.1) is 5.69 Å². The van der Waals surface area contributed by atoms with Crippen LogP contribution in [0.1, 0.15) is 24.5 Å². The third-order valence-electron chi connectivity index (χ3n) is 4.25. The molecule has 3 rings (SSSR count). The summed E-state index contributed by atoms with van der Waals surface area (Å²) in [6, 6.07) is 13.9. The largest absolute Gasteiger partial charge is 0.336 e. The first-order chi connectivity index (χ1) is 10.2. The summed E-state index contributed by atoms with van der Waals surface area (Å²) < 4.78 is 14.5. The van der Waals surface area contributed by atoms with Crippen LogP contribution in [0.4, 0.5) is 15.8 Å². The molecular weight excluding hydrogens is 263 g/mol. The Morgan fingerprint density at radius 1 is 1.19 bits per heavy atom. The maximum Gasteiger partial charge on any atom is 0.147 e. The van der Waals surface area contributed by atoms with E-state index in [0.717, 1.165) is 24.1 Å². The van der Waals surface area contributed by atoms with Crippen LogP contribution >= 0.6 is 0 Å². The number of nitrogens with zero attached hydrogens (tertiary/aromatic N) is 1. The van der Waals surface area contributed by atoms with E-state index in [2.05, 4.69) is 30.0 Å². The molecule has 110 valence electrons. The monoisotopic (exact) mass is 284 g/mol. The van der Waals surface area contributed by atoms with Crippen LogP contribution in [0.5, 0.6) is 0 Å². The van der Waals surface area contributed by atoms with Crippen molar-refractivity contribution in [1.29, 1.82) is 0 Å². The molecule has 2 nitrogen and oxygen atoms in total. The van der Waals surface area contributed by atoms with Gasteiger partial charge in [0.2, 0.25) is 0 Å². The van der Waals surface area contributed by atoms with Crippen LogP contribution in [0.15, 0.2) is 42.5 Å². The van der Waals surface area contributed by atoms with E-state index in [1.165, 1.54) is 5.56 Å². The number of rotatable bonds is 3. The van der Waals surface area contributed by atoms with Crippen LogP contribution in [0.25, 0.3) is 0 Å². The highest BCUT2D eigenvalue weighted by atomic mass is 19.1. The van der Waals surface area contributed by atoms with E-state index in [-0.39, 0.29) is 11.9 Å². The number of halogens is 1. The molecule has 2 N–H and O–H groups in total. The number of hydrogen-bond acceptors (Lipinski definition) is 2. The van der Waals surface area contributed by atoms with Crippen molar-refractivity contribution >= 4 is 11.4 Å². The Balaban J connectivity index is 2.16. The van der Waals surface area contributed by atoms with Crippen molar-refractivity contribution in [3.05, 3.63) is 59.4 Å². The van der Waals surface area contributed by atoms with E-state index in [1.54, 1.807) is 12.1 Å². The highest BCUT2D eigenvalue weighted by Gasteiger charge is 2.27. The number of aryl methyl sites for hydroxylation is 1. The van der Waals surface area contributed by atoms with Crippen LogP contribution in [0.3, 0.4) is 0 Å². The maximum absolute atomic E-state index is 14.5. The summed E-state index contributed by atoms with van der Waals surface area (Å²) in [5.41, 5.74) is 9.80. The van der Waals surface area contributed by atoms with Crippen molar-refractivity contribution < 1.29 is 4.39 Å². The van der Waals surface area contributed by atoms with Crippen LogP contribution in [0.2, 0.25) is 0 Å². The summed E-state index contributed by atoms with van der Waals surface area (Å²) in [5.74, 6) is -0.162. The summed E-state index contributed by atoms with van der Waals surface area (Å²) >= 11 is 0. The third-order valence-corrected chi connectivity index (χ3v) is 4.25. The fourth-order valence-electron chi connectivity index (χ4n) is 3.22. The molecule has 0 aliphatic carbocycles. The van der Waals surface area contributed by atoms with E-state index in [9.17, 15) is 4.39 Å². The van der Waals surface area contributed by atoms with Gasteiger partial charge in [-0.25, -0.2) is 4.39 Å². The predicted molar refractivity (Wildman–Crippen MR) is 85.5 cm³/mol. The first-order valence-electron chi connectivity index (χ1n) is 7.57. The smallest absolute Gasteiger partial charge is 0.147 e. The molecule has 0 fully saturated rings. The van der Waals surface area contributed by atoms with E-state index in [0.29, 0.717) is 18.7 Å². The van der Waals surface area contributed by atoms with Crippen molar-refractivity contribution in [1.82, 2.24) is 0 Å². The highest BCUT2D eigenvalue weighted by molar-refractivity contribution is 5.71. The van der Waals surface area contributed by atoms with Gasteiger partial charge >= 0.3 is 0 Å². The van der Waals surface area contributed by atoms with Crippen LogP contribution in [-0.4, -0.2) is 12.6 Å². The standard InChI is InChI=1S/C18H21FN2/c1-13-9-10-14-5-2-3-8-17(14)21(13)18-15(11-12-20)6-4-7-16(18)19/h2-8,13H,9-12,20H2,1H3. The maximum atomic E-state index is 14.5. The second kappa shape index (κ2) is 5.86. The van der Waals surface area contributed by atoms with Crippen LogP contribution in [0, 0.1) is 5.82 Å². The quantitative estimate of drug-likeness (QED) is 0.929. The number of para-hydroxylation sites is 2. The predicted octanol–water partition coefficient (Wildman–Crippen LogP) is 3.80. The minimum absolute atomic E-state index is 0.162.